The molecule has 0 aliphatic rings. The van der Waals surface area contributed by atoms with Crippen LogP contribution in [-0.2, 0) is 11.2 Å². The van der Waals surface area contributed by atoms with Crippen molar-refractivity contribution in [1.82, 2.24) is 25.2 Å². The number of rotatable bonds is 5. The van der Waals surface area contributed by atoms with E-state index >= 15 is 0 Å². The van der Waals surface area contributed by atoms with Crippen molar-refractivity contribution in [3.63, 3.8) is 0 Å². The summed E-state index contributed by atoms with van der Waals surface area (Å²) in [7, 11) is 3.34. The number of carbonyl (C=O) groups excluding carboxylic acids is 2. The summed E-state index contributed by atoms with van der Waals surface area (Å²) in [5, 5.41) is 15.2. The normalized spacial score (nSPS) is 10.6. The molecule has 2 amide bonds. The Bertz CT molecular complexity index is 949. The molecule has 9 nitrogen and oxygen atoms in total. The van der Waals surface area contributed by atoms with E-state index in [0.717, 1.165) is 11.3 Å². The molecule has 1 N–H and O–H groups in total. The standard InChI is InChI=1S/C16H16N6O3S/c1-9-17-14(21-25-9)10-5-4-6-11(7-10)15(24)18-16-20-19-12(26-16)8-13(23)22(2)3/h4-7H,8H2,1-3H3,(H,18,20,24). The van der Waals surface area contributed by atoms with Crippen LogP contribution in [0, 0.1) is 6.92 Å². The van der Waals surface area contributed by atoms with E-state index in [2.05, 4.69) is 25.7 Å². The smallest absolute Gasteiger partial charge is 0.257 e. The molecule has 0 atom stereocenters. The van der Waals surface area contributed by atoms with Crippen molar-refractivity contribution in [1.29, 1.82) is 0 Å². The average molecular weight is 372 g/mol. The molecule has 0 saturated carbocycles. The maximum absolute atomic E-state index is 12.4. The molecule has 2 aromatic heterocycles. The lowest BCUT2D eigenvalue weighted by Gasteiger charge is -2.07. The van der Waals surface area contributed by atoms with Crippen molar-refractivity contribution in [2.75, 3.05) is 19.4 Å². The van der Waals surface area contributed by atoms with Gasteiger partial charge >= 0.3 is 0 Å². The number of likely N-dealkylation sites (N-methyl/N-ethyl adjacent to an activating group) is 1. The lowest BCUT2D eigenvalue weighted by molar-refractivity contribution is -0.127. The van der Waals surface area contributed by atoms with E-state index in [4.69, 9.17) is 4.52 Å². The van der Waals surface area contributed by atoms with E-state index in [1.54, 1.807) is 45.3 Å². The Hall–Kier alpha value is -3.14. The summed E-state index contributed by atoms with van der Waals surface area (Å²) in [6.07, 6.45) is 0.146. The van der Waals surface area contributed by atoms with Gasteiger partial charge in [-0.25, -0.2) is 0 Å². The van der Waals surface area contributed by atoms with E-state index in [0.29, 0.717) is 33.0 Å². The lowest BCUT2D eigenvalue weighted by atomic mass is 10.1. The van der Waals surface area contributed by atoms with E-state index < -0.39 is 0 Å². The van der Waals surface area contributed by atoms with Crippen LogP contribution in [-0.4, -0.2) is 51.1 Å². The van der Waals surface area contributed by atoms with Crippen LogP contribution in [0.4, 0.5) is 5.13 Å². The minimum atomic E-state index is -0.339. The lowest BCUT2D eigenvalue weighted by Crippen LogP contribution is -2.23. The number of amides is 2. The number of aryl methyl sites for hydroxylation is 1. The molecule has 3 aromatic rings. The fraction of sp³-hybridized carbons (Fsp3) is 0.250. The Kier molecular flexibility index (Phi) is 5.03. The number of aromatic nitrogens is 4. The number of carbonyl (C=O) groups is 2. The van der Waals surface area contributed by atoms with Crippen LogP contribution in [0.3, 0.4) is 0 Å². The first-order valence-electron chi connectivity index (χ1n) is 7.67. The summed E-state index contributed by atoms with van der Waals surface area (Å²) in [6.45, 7) is 1.70. The summed E-state index contributed by atoms with van der Waals surface area (Å²) >= 11 is 1.16. The van der Waals surface area contributed by atoms with Gasteiger partial charge in [0.2, 0.25) is 22.8 Å². The van der Waals surface area contributed by atoms with Gasteiger partial charge in [-0.05, 0) is 12.1 Å². The second kappa shape index (κ2) is 7.40. The van der Waals surface area contributed by atoms with Gasteiger partial charge in [0.15, 0.2) is 0 Å². The van der Waals surface area contributed by atoms with Crippen LogP contribution < -0.4 is 5.32 Å². The van der Waals surface area contributed by atoms with Crippen molar-refractivity contribution < 1.29 is 14.1 Å². The fourth-order valence-corrected chi connectivity index (χ4v) is 2.77. The average Bonchev–Trinajstić information content (AvgIpc) is 3.24. The molecule has 0 spiro atoms. The van der Waals surface area contributed by atoms with Gasteiger partial charge in [0.25, 0.3) is 5.91 Å². The van der Waals surface area contributed by atoms with E-state index in [1.165, 1.54) is 4.90 Å². The van der Waals surface area contributed by atoms with Crippen LogP contribution >= 0.6 is 11.3 Å². The number of anilines is 1. The molecule has 0 saturated heterocycles. The predicted molar refractivity (Wildman–Crippen MR) is 94.7 cm³/mol. The van der Waals surface area contributed by atoms with E-state index in [-0.39, 0.29) is 18.2 Å². The SMILES string of the molecule is Cc1nc(-c2cccc(C(=O)Nc3nnc(CC(=O)N(C)C)s3)c2)no1. The van der Waals surface area contributed by atoms with Gasteiger partial charge < -0.3 is 9.42 Å². The third-order valence-corrected chi connectivity index (χ3v) is 4.24. The molecule has 134 valence electrons. The van der Waals surface area contributed by atoms with Crippen molar-refractivity contribution in [2.45, 2.75) is 13.3 Å². The first-order valence-corrected chi connectivity index (χ1v) is 8.48. The molecule has 26 heavy (non-hydrogen) atoms. The zero-order valence-corrected chi connectivity index (χ0v) is 15.2. The molecule has 0 aliphatic heterocycles. The molecule has 0 fully saturated rings. The third-order valence-electron chi connectivity index (χ3n) is 3.40. The zero-order valence-electron chi connectivity index (χ0n) is 14.4. The zero-order chi connectivity index (χ0) is 18.7. The van der Waals surface area contributed by atoms with E-state index in [1.807, 2.05) is 0 Å². The largest absolute Gasteiger partial charge is 0.348 e. The fourth-order valence-electron chi connectivity index (χ4n) is 2.05. The van der Waals surface area contributed by atoms with Gasteiger partial charge in [0.1, 0.15) is 5.01 Å². The maximum Gasteiger partial charge on any atom is 0.257 e. The van der Waals surface area contributed by atoms with Crippen LogP contribution in [0.1, 0.15) is 21.3 Å². The topological polar surface area (TPSA) is 114 Å². The molecule has 10 heteroatoms. The van der Waals surface area contributed by atoms with E-state index in [9.17, 15) is 9.59 Å². The van der Waals surface area contributed by atoms with Crippen LogP contribution in [0.5, 0.6) is 0 Å². The third kappa shape index (κ3) is 4.09. The maximum atomic E-state index is 12.4. The number of nitrogens with one attached hydrogen (secondary N) is 1. The van der Waals surface area contributed by atoms with Crippen molar-refractivity contribution in [2.24, 2.45) is 0 Å². The highest BCUT2D eigenvalue weighted by Gasteiger charge is 2.15. The predicted octanol–water partition coefficient (Wildman–Crippen LogP) is 1.78. The summed E-state index contributed by atoms with van der Waals surface area (Å²) < 4.78 is 4.96. The van der Waals surface area contributed by atoms with Crippen LogP contribution in [0.15, 0.2) is 28.8 Å². The number of benzene rings is 1. The Morgan fingerprint density at radius 3 is 2.77 bits per heavy atom. The van der Waals surface area contributed by atoms with Crippen molar-refractivity contribution in [3.05, 3.63) is 40.7 Å². The van der Waals surface area contributed by atoms with Crippen LogP contribution in [0.2, 0.25) is 0 Å². The number of hydrogen-bond donors (Lipinski definition) is 1. The summed E-state index contributed by atoms with van der Waals surface area (Å²) in [5.41, 5.74) is 1.09. The Balaban J connectivity index is 1.71. The molecule has 1 aromatic carbocycles. The van der Waals surface area contributed by atoms with Crippen LogP contribution in [0.25, 0.3) is 11.4 Å². The minimum Gasteiger partial charge on any atom is -0.348 e. The highest BCUT2D eigenvalue weighted by atomic mass is 32.1. The molecule has 0 bridgehead atoms. The van der Waals surface area contributed by atoms with Gasteiger partial charge in [-0.15, -0.1) is 10.2 Å². The Morgan fingerprint density at radius 2 is 2.08 bits per heavy atom. The van der Waals surface area contributed by atoms with Gasteiger partial charge in [-0.3, -0.25) is 14.9 Å². The monoisotopic (exact) mass is 372 g/mol. The number of nitrogens with zero attached hydrogens (tertiary/aromatic N) is 5. The van der Waals surface area contributed by atoms with Gasteiger partial charge in [-0.1, -0.05) is 28.6 Å². The van der Waals surface area contributed by atoms with Crippen molar-refractivity contribution in [3.8, 4) is 11.4 Å². The molecular formula is C16H16N6O3S. The molecule has 0 unspecified atom stereocenters. The van der Waals surface area contributed by atoms with Crippen molar-refractivity contribution >= 4 is 28.3 Å². The van der Waals surface area contributed by atoms with Gasteiger partial charge in [0, 0.05) is 32.1 Å². The summed E-state index contributed by atoms with van der Waals surface area (Å²) in [4.78, 5) is 29.7. The quantitative estimate of drug-likeness (QED) is 0.726. The minimum absolute atomic E-state index is 0.0814. The molecule has 3 rings (SSSR count). The summed E-state index contributed by atoms with van der Waals surface area (Å²) in [6, 6.07) is 6.86. The Morgan fingerprint density at radius 1 is 1.27 bits per heavy atom. The second-order valence-corrected chi connectivity index (χ2v) is 6.70. The van der Waals surface area contributed by atoms with Gasteiger partial charge in [-0.2, -0.15) is 4.98 Å². The highest BCUT2D eigenvalue weighted by Crippen LogP contribution is 2.20. The molecule has 0 aliphatic carbocycles. The molecule has 0 radical (unpaired) electrons. The first kappa shape index (κ1) is 17.7. The molecule has 2 heterocycles. The Labute approximate surface area is 153 Å². The highest BCUT2D eigenvalue weighted by molar-refractivity contribution is 7.15. The molecular weight excluding hydrogens is 356 g/mol. The number of hydrogen-bond acceptors (Lipinski definition) is 8. The summed E-state index contributed by atoms with van der Waals surface area (Å²) in [5.74, 6) is 0.442. The second-order valence-electron chi connectivity index (χ2n) is 5.64. The first-order chi connectivity index (χ1) is 12.4. The van der Waals surface area contributed by atoms with Gasteiger partial charge in [0.05, 0.1) is 6.42 Å².